The zero-order valence-electron chi connectivity index (χ0n) is 15.2. The van der Waals surface area contributed by atoms with E-state index >= 15 is 0 Å². The number of amides is 1. The van der Waals surface area contributed by atoms with Crippen LogP contribution in [0.3, 0.4) is 0 Å². The van der Waals surface area contributed by atoms with Gasteiger partial charge in [-0.2, -0.15) is 0 Å². The van der Waals surface area contributed by atoms with Crippen molar-refractivity contribution in [2.45, 2.75) is 18.2 Å². The summed E-state index contributed by atoms with van der Waals surface area (Å²) in [6.07, 6.45) is 0.307. The molecular formula is C19H19BrN4O3S. The van der Waals surface area contributed by atoms with Crippen molar-refractivity contribution in [3.05, 3.63) is 70.5 Å². The van der Waals surface area contributed by atoms with Gasteiger partial charge in [0.2, 0.25) is 0 Å². The van der Waals surface area contributed by atoms with Crippen molar-refractivity contribution in [3.8, 4) is 5.69 Å². The maximum Gasteiger partial charge on any atom is 0.273 e. The number of carbonyl (C=O) groups excluding carboxylic acids is 1. The van der Waals surface area contributed by atoms with E-state index in [1.807, 2.05) is 24.3 Å². The Balaban J connectivity index is 1.59. The van der Waals surface area contributed by atoms with Gasteiger partial charge in [0.1, 0.15) is 0 Å². The van der Waals surface area contributed by atoms with Gasteiger partial charge in [0, 0.05) is 11.0 Å². The minimum atomic E-state index is -3.35. The number of rotatable bonds is 7. The molecule has 0 aliphatic carbocycles. The molecule has 0 unspecified atom stereocenters. The second kappa shape index (κ2) is 8.66. The van der Waals surface area contributed by atoms with Crippen LogP contribution in [0.15, 0.2) is 64.0 Å². The molecule has 0 radical (unpaired) electrons. The molecule has 0 fully saturated rings. The molecular weight excluding hydrogens is 444 g/mol. The molecule has 7 nitrogen and oxygen atoms in total. The Labute approximate surface area is 171 Å². The highest BCUT2D eigenvalue weighted by molar-refractivity contribution is 9.10. The van der Waals surface area contributed by atoms with Gasteiger partial charge < -0.3 is 5.32 Å². The molecule has 1 amide bonds. The van der Waals surface area contributed by atoms with Crippen molar-refractivity contribution >= 4 is 31.7 Å². The molecule has 0 aliphatic heterocycles. The number of nitrogens with one attached hydrogen (secondary N) is 1. The summed E-state index contributed by atoms with van der Waals surface area (Å²) in [4.78, 5) is 12.7. The van der Waals surface area contributed by atoms with Gasteiger partial charge in [0.05, 0.1) is 22.0 Å². The summed E-state index contributed by atoms with van der Waals surface area (Å²) < 4.78 is 27.0. The Bertz CT molecular complexity index is 1080. The number of sulfone groups is 1. The minimum absolute atomic E-state index is 0.0407. The third-order valence-corrected chi connectivity index (χ3v) is 6.45. The van der Waals surface area contributed by atoms with E-state index in [1.165, 1.54) is 0 Å². The zero-order chi connectivity index (χ0) is 20.1. The summed E-state index contributed by atoms with van der Waals surface area (Å²) in [5, 5.41) is 10.7. The molecule has 0 aliphatic rings. The molecule has 0 saturated carbocycles. The molecule has 28 heavy (non-hydrogen) atoms. The fraction of sp³-hybridized carbons (Fsp3) is 0.211. The fourth-order valence-corrected chi connectivity index (χ4v) is 4.40. The minimum Gasteiger partial charge on any atom is -0.351 e. The Kier molecular flexibility index (Phi) is 6.25. The van der Waals surface area contributed by atoms with Crippen LogP contribution >= 0.6 is 15.9 Å². The highest BCUT2D eigenvalue weighted by atomic mass is 79.9. The lowest BCUT2D eigenvalue weighted by Gasteiger charge is -2.06. The third kappa shape index (κ3) is 4.66. The smallest absolute Gasteiger partial charge is 0.273 e. The van der Waals surface area contributed by atoms with Crippen molar-refractivity contribution in [1.29, 1.82) is 0 Å². The van der Waals surface area contributed by atoms with Gasteiger partial charge in [0.25, 0.3) is 5.91 Å². The van der Waals surface area contributed by atoms with Gasteiger partial charge in [0.15, 0.2) is 15.5 Å². The molecule has 0 spiro atoms. The Morgan fingerprint density at radius 1 is 1.14 bits per heavy atom. The number of aromatic nitrogens is 3. The van der Waals surface area contributed by atoms with E-state index < -0.39 is 9.84 Å². The van der Waals surface area contributed by atoms with Crippen LogP contribution in [0.25, 0.3) is 5.69 Å². The lowest BCUT2D eigenvalue weighted by Crippen LogP contribution is -2.27. The lowest BCUT2D eigenvalue weighted by molar-refractivity contribution is 0.0948. The molecule has 1 aromatic heterocycles. The number of hydrogen-bond acceptors (Lipinski definition) is 5. The van der Waals surface area contributed by atoms with E-state index in [0.717, 1.165) is 10.2 Å². The van der Waals surface area contributed by atoms with Gasteiger partial charge in [-0.05, 0) is 43.7 Å². The third-order valence-electron chi connectivity index (χ3n) is 4.14. The Morgan fingerprint density at radius 2 is 1.89 bits per heavy atom. The van der Waals surface area contributed by atoms with E-state index in [4.69, 9.17) is 0 Å². The summed E-state index contributed by atoms with van der Waals surface area (Å²) in [5.41, 5.74) is 1.60. The van der Waals surface area contributed by atoms with Crippen LogP contribution in [-0.4, -0.2) is 41.6 Å². The van der Waals surface area contributed by atoms with Crippen LogP contribution < -0.4 is 5.32 Å². The summed E-state index contributed by atoms with van der Waals surface area (Å²) in [7, 11) is -3.35. The van der Waals surface area contributed by atoms with Crippen LogP contribution in [0, 0.1) is 6.92 Å². The molecule has 0 atom stereocenters. The van der Waals surface area contributed by atoms with Crippen molar-refractivity contribution in [2.24, 2.45) is 0 Å². The highest BCUT2D eigenvalue weighted by Crippen LogP contribution is 2.17. The normalized spacial score (nSPS) is 11.4. The number of hydrogen-bond donors (Lipinski definition) is 1. The highest BCUT2D eigenvalue weighted by Gasteiger charge is 2.18. The van der Waals surface area contributed by atoms with Crippen molar-refractivity contribution in [2.75, 3.05) is 12.3 Å². The fourth-order valence-electron chi connectivity index (χ4n) is 2.69. The molecule has 1 heterocycles. The number of nitrogens with zero attached hydrogens (tertiary/aromatic N) is 3. The first kappa shape index (κ1) is 20.2. The SMILES string of the molecule is Cc1c(C(=O)NCCCS(=O)(=O)c2ccccc2)nnn1-c1cccc(Br)c1. The maximum atomic E-state index is 12.4. The summed E-state index contributed by atoms with van der Waals surface area (Å²) >= 11 is 3.40. The molecule has 0 saturated heterocycles. The van der Waals surface area contributed by atoms with E-state index in [1.54, 1.807) is 41.9 Å². The average molecular weight is 463 g/mol. The standard InChI is InChI=1S/C19H19BrN4O3S/c1-14-18(22-23-24(14)16-8-5-7-15(20)13-16)19(25)21-11-6-12-28(26,27)17-9-3-2-4-10-17/h2-5,7-10,13H,6,11-12H2,1H3,(H,21,25). The predicted molar refractivity (Wildman–Crippen MR) is 109 cm³/mol. The van der Waals surface area contributed by atoms with Crippen LogP contribution in [-0.2, 0) is 9.84 Å². The number of carbonyl (C=O) groups is 1. The number of halogens is 1. The topological polar surface area (TPSA) is 93.9 Å². The second-order valence-corrected chi connectivity index (χ2v) is 9.18. The predicted octanol–water partition coefficient (Wildman–Crippen LogP) is 2.93. The summed E-state index contributed by atoms with van der Waals surface area (Å²) in [6.45, 7) is 1.99. The molecule has 1 N–H and O–H groups in total. The van der Waals surface area contributed by atoms with Gasteiger partial charge >= 0.3 is 0 Å². The molecule has 9 heteroatoms. The van der Waals surface area contributed by atoms with E-state index in [0.29, 0.717) is 12.1 Å². The number of benzene rings is 2. The molecule has 2 aromatic carbocycles. The van der Waals surface area contributed by atoms with Crippen LogP contribution in [0.5, 0.6) is 0 Å². The van der Waals surface area contributed by atoms with E-state index in [9.17, 15) is 13.2 Å². The van der Waals surface area contributed by atoms with Crippen LogP contribution in [0.1, 0.15) is 22.6 Å². The second-order valence-electron chi connectivity index (χ2n) is 6.16. The van der Waals surface area contributed by atoms with Gasteiger partial charge in [-0.1, -0.05) is 45.4 Å². The first-order chi connectivity index (χ1) is 13.4. The van der Waals surface area contributed by atoms with Crippen LogP contribution in [0.2, 0.25) is 0 Å². The van der Waals surface area contributed by atoms with E-state index in [2.05, 4.69) is 31.6 Å². The lowest BCUT2D eigenvalue weighted by atomic mass is 10.3. The van der Waals surface area contributed by atoms with Gasteiger partial charge in [-0.25, -0.2) is 13.1 Å². The van der Waals surface area contributed by atoms with Crippen molar-refractivity contribution in [3.63, 3.8) is 0 Å². The Morgan fingerprint density at radius 3 is 2.61 bits per heavy atom. The molecule has 146 valence electrons. The van der Waals surface area contributed by atoms with Gasteiger partial charge in [-0.15, -0.1) is 5.10 Å². The van der Waals surface area contributed by atoms with Crippen molar-refractivity contribution < 1.29 is 13.2 Å². The first-order valence-electron chi connectivity index (χ1n) is 8.63. The van der Waals surface area contributed by atoms with Crippen LogP contribution in [0.4, 0.5) is 0 Å². The van der Waals surface area contributed by atoms with E-state index in [-0.39, 0.29) is 28.8 Å². The average Bonchev–Trinajstić information content (AvgIpc) is 3.07. The quantitative estimate of drug-likeness (QED) is 0.544. The maximum absolute atomic E-state index is 12.4. The monoisotopic (exact) mass is 462 g/mol. The zero-order valence-corrected chi connectivity index (χ0v) is 17.6. The molecule has 3 rings (SSSR count). The Hall–Kier alpha value is -2.52. The summed E-state index contributed by atoms with van der Waals surface area (Å²) in [6, 6.07) is 15.8. The molecule has 0 bridgehead atoms. The molecule has 3 aromatic rings. The first-order valence-corrected chi connectivity index (χ1v) is 11.1. The van der Waals surface area contributed by atoms with Gasteiger partial charge in [-0.3, -0.25) is 4.79 Å². The summed E-state index contributed by atoms with van der Waals surface area (Å²) in [5.74, 6) is -0.420. The largest absolute Gasteiger partial charge is 0.351 e. The van der Waals surface area contributed by atoms with Crippen molar-refractivity contribution in [1.82, 2.24) is 20.3 Å².